The second kappa shape index (κ2) is 4.05. The van der Waals surface area contributed by atoms with Gasteiger partial charge in [0.15, 0.2) is 5.78 Å². The Morgan fingerprint density at radius 2 is 2.00 bits per heavy atom. The van der Waals surface area contributed by atoms with Gasteiger partial charge in [-0.2, -0.15) is 0 Å². The Morgan fingerprint density at radius 3 is 2.43 bits per heavy atom. The van der Waals surface area contributed by atoms with Crippen LogP contribution >= 0.6 is 0 Å². The van der Waals surface area contributed by atoms with E-state index >= 15 is 0 Å². The lowest BCUT2D eigenvalue weighted by Crippen LogP contribution is -2.02. The van der Waals surface area contributed by atoms with Gasteiger partial charge in [-0.05, 0) is 25.0 Å². The standard InChI is InChI=1S/C11H12O3/c1-7-5-9(6-11(13)14)3-4-10(7)8(2)12/h3-5H,6H2,1-2H3,(H,13,14). The first-order valence-corrected chi connectivity index (χ1v) is 4.33. The van der Waals surface area contributed by atoms with E-state index in [4.69, 9.17) is 5.11 Å². The van der Waals surface area contributed by atoms with Gasteiger partial charge in [0.05, 0.1) is 6.42 Å². The number of benzene rings is 1. The molecule has 0 saturated heterocycles. The molecule has 3 heteroatoms. The highest BCUT2D eigenvalue weighted by Gasteiger charge is 2.06. The highest BCUT2D eigenvalue weighted by atomic mass is 16.4. The fourth-order valence-electron chi connectivity index (χ4n) is 1.41. The molecule has 74 valence electrons. The van der Waals surface area contributed by atoms with Gasteiger partial charge in [-0.15, -0.1) is 0 Å². The number of hydrogen-bond donors (Lipinski definition) is 1. The van der Waals surface area contributed by atoms with Crippen molar-refractivity contribution in [2.24, 2.45) is 0 Å². The summed E-state index contributed by atoms with van der Waals surface area (Å²) in [4.78, 5) is 21.5. The van der Waals surface area contributed by atoms with Gasteiger partial charge in [0.2, 0.25) is 0 Å². The normalized spacial score (nSPS) is 9.86. The Bertz CT molecular complexity index is 380. The summed E-state index contributed by atoms with van der Waals surface area (Å²) in [5.74, 6) is -0.857. The number of aryl methyl sites for hydroxylation is 1. The van der Waals surface area contributed by atoms with Crippen LogP contribution in [0.3, 0.4) is 0 Å². The maximum Gasteiger partial charge on any atom is 0.307 e. The minimum atomic E-state index is -0.861. The zero-order valence-electron chi connectivity index (χ0n) is 8.20. The molecule has 14 heavy (non-hydrogen) atoms. The molecular formula is C11H12O3. The van der Waals surface area contributed by atoms with Crippen LogP contribution in [0.5, 0.6) is 0 Å². The molecule has 1 N–H and O–H groups in total. The molecular weight excluding hydrogens is 180 g/mol. The van der Waals surface area contributed by atoms with Crippen LogP contribution in [0.25, 0.3) is 0 Å². The van der Waals surface area contributed by atoms with Crippen molar-refractivity contribution in [2.75, 3.05) is 0 Å². The number of rotatable bonds is 3. The van der Waals surface area contributed by atoms with Crippen LogP contribution in [0.4, 0.5) is 0 Å². The lowest BCUT2D eigenvalue weighted by molar-refractivity contribution is -0.136. The summed E-state index contributed by atoms with van der Waals surface area (Å²) >= 11 is 0. The van der Waals surface area contributed by atoms with Gasteiger partial charge < -0.3 is 5.11 Å². The van der Waals surface area contributed by atoms with Crippen LogP contribution < -0.4 is 0 Å². The van der Waals surface area contributed by atoms with Gasteiger partial charge in [-0.1, -0.05) is 18.2 Å². The number of aliphatic carboxylic acids is 1. The quantitative estimate of drug-likeness (QED) is 0.743. The summed E-state index contributed by atoms with van der Waals surface area (Å²) in [6.07, 6.45) is -0.000967. The Morgan fingerprint density at radius 1 is 1.36 bits per heavy atom. The Hall–Kier alpha value is -1.64. The molecule has 0 atom stereocenters. The lowest BCUT2D eigenvalue weighted by atomic mass is 10.0. The van der Waals surface area contributed by atoms with Crippen LogP contribution in [-0.4, -0.2) is 16.9 Å². The molecule has 0 aliphatic carbocycles. The first-order valence-electron chi connectivity index (χ1n) is 4.33. The Balaban J connectivity index is 3.00. The monoisotopic (exact) mass is 192 g/mol. The maximum atomic E-state index is 11.1. The third kappa shape index (κ3) is 2.42. The predicted molar refractivity (Wildman–Crippen MR) is 52.5 cm³/mol. The van der Waals surface area contributed by atoms with Gasteiger partial charge >= 0.3 is 5.97 Å². The minimum absolute atomic E-state index is 0.000967. The van der Waals surface area contributed by atoms with Crippen LogP contribution in [-0.2, 0) is 11.2 Å². The molecule has 0 amide bonds. The average Bonchev–Trinajstić information content (AvgIpc) is 2.01. The van der Waals surface area contributed by atoms with Crippen molar-refractivity contribution in [1.29, 1.82) is 0 Å². The molecule has 0 heterocycles. The van der Waals surface area contributed by atoms with Gasteiger partial charge in [0, 0.05) is 5.56 Å². The summed E-state index contributed by atoms with van der Waals surface area (Å²) in [5.41, 5.74) is 2.20. The van der Waals surface area contributed by atoms with E-state index in [0.717, 1.165) is 11.1 Å². The fraction of sp³-hybridized carbons (Fsp3) is 0.273. The maximum absolute atomic E-state index is 11.1. The number of carboxylic acid groups (broad SMARTS) is 1. The fourth-order valence-corrected chi connectivity index (χ4v) is 1.41. The van der Waals surface area contributed by atoms with E-state index in [1.165, 1.54) is 6.92 Å². The van der Waals surface area contributed by atoms with Gasteiger partial charge in [-0.25, -0.2) is 0 Å². The molecule has 0 unspecified atom stereocenters. The van der Waals surface area contributed by atoms with E-state index in [1.807, 2.05) is 6.92 Å². The van der Waals surface area contributed by atoms with Crippen molar-refractivity contribution >= 4 is 11.8 Å². The SMILES string of the molecule is CC(=O)c1ccc(CC(=O)O)cc1C. The molecule has 3 nitrogen and oxygen atoms in total. The zero-order valence-corrected chi connectivity index (χ0v) is 8.20. The molecule has 1 aromatic carbocycles. The van der Waals surface area contributed by atoms with E-state index in [-0.39, 0.29) is 12.2 Å². The second-order valence-electron chi connectivity index (χ2n) is 3.28. The van der Waals surface area contributed by atoms with E-state index in [2.05, 4.69) is 0 Å². The number of ketones is 1. The van der Waals surface area contributed by atoms with Gasteiger partial charge in [-0.3, -0.25) is 9.59 Å². The van der Waals surface area contributed by atoms with E-state index in [9.17, 15) is 9.59 Å². The second-order valence-corrected chi connectivity index (χ2v) is 3.28. The molecule has 1 aromatic rings. The molecule has 1 rings (SSSR count). The van der Waals surface area contributed by atoms with Gasteiger partial charge in [0.1, 0.15) is 0 Å². The summed E-state index contributed by atoms with van der Waals surface area (Å²) < 4.78 is 0. The van der Waals surface area contributed by atoms with Gasteiger partial charge in [0.25, 0.3) is 0 Å². The summed E-state index contributed by atoms with van der Waals surface area (Å²) in [5, 5.41) is 8.57. The van der Waals surface area contributed by atoms with E-state index in [1.54, 1.807) is 18.2 Å². The van der Waals surface area contributed by atoms with Crippen molar-refractivity contribution in [3.05, 3.63) is 34.9 Å². The van der Waals surface area contributed by atoms with Crippen LogP contribution in [0.1, 0.15) is 28.4 Å². The highest BCUT2D eigenvalue weighted by molar-refractivity contribution is 5.95. The predicted octanol–water partition coefficient (Wildman–Crippen LogP) is 1.82. The first kappa shape index (κ1) is 10.4. The summed E-state index contributed by atoms with van der Waals surface area (Å²) in [7, 11) is 0. The third-order valence-corrected chi connectivity index (χ3v) is 2.03. The molecule has 0 radical (unpaired) electrons. The number of Topliss-reactive ketones (excluding diaryl/α,β-unsaturated/α-hetero) is 1. The first-order chi connectivity index (χ1) is 6.50. The largest absolute Gasteiger partial charge is 0.481 e. The van der Waals surface area contributed by atoms with E-state index < -0.39 is 5.97 Å². The average molecular weight is 192 g/mol. The van der Waals surface area contributed by atoms with E-state index in [0.29, 0.717) is 5.56 Å². The van der Waals surface area contributed by atoms with Crippen LogP contribution in [0.15, 0.2) is 18.2 Å². The minimum Gasteiger partial charge on any atom is -0.481 e. The smallest absolute Gasteiger partial charge is 0.307 e. The van der Waals surface area contributed by atoms with Crippen LogP contribution in [0.2, 0.25) is 0 Å². The molecule has 0 aliphatic heterocycles. The zero-order chi connectivity index (χ0) is 10.7. The third-order valence-electron chi connectivity index (χ3n) is 2.03. The lowest BCUT2D eigenvalue weighted by Gasteiger charge is -2.03. The number of carbonyl (C=O) groups excluding carboxylic acids is 1. The molecule has 0 aliphatic rings. The Labute approximate surface area is 82.4 Å². The van der Waals surface area contributed by atoms with Crippen LogP contribution in [0, 0.1) is 6.92 Å². The van der Waals surface area contributed by atoms with Crippen molar-refractivity contribution < 1.29 is 14.7 Å². The summed E-state index contributed by atoms with van der Waals surface area (Å²) in [6, 6.07) is 5.10. The van der Waals surface area contributed by atoms with Crippen molar-refractivity contribution in [1.82, 2.24) is 0 Å². The van der Waals surface area contributed by atoms with Crippen molar-refractivity contribution in [2.45, 2.75) is 20.3 Å². The molecule has 0 aromatic heterocycles. The molecule has 0 spiro atoms. The highest BCUT2D eigenvalue weighted by Crippen LogP contribution is 2.12. The summed E-state index contributed by atoms with van der Waals surface area (Å²) in [6.45, 7) is 3.31. The molecule has 0 bridgehead atoms. The molecule has 0 saturated carbocycles. The number of carbonyl (C=O) groups is 2. The molecule has 0 fully saturated rings. The van der Waals surface area contributed by atoms with Crippen molar-refractivity contribution in [3.8, 4) is 0 Å². The number of carboxylic acids is 1. The Kier molecular flexibility index (Phi) is 3.02. The topological polar surface area (TPSA) is 54.4 Å². The van der Waals surface area contributed by atoms with Crippen molar-refractivity contribution in [3.63, 3.8) is 0 Å². The number of hydrogen-bond acceptors (Lipinski definition) is 2.